The zero-order valence-electron chi connectivity index (χ0n) is 14.2. The second-order valence-electron chi connectivity index (χ2n) is 5.53. The predicted octanol–water partition coefficient (Wildman–Crippen LogP) is 3.11. The first-order valence-corrected chi connectivity index (χ1v) is 9.29. The van der Waals surface area contributed by atoms with Crippen molar-refractivity contribution in [2.24, 2.45) is 0 Å². The fourth-order valence-corrected chi connectivity index (χ4v) is 3.76. The molecule has 1 saturated heterocycles. The van der Waals surface area contributed by atoms with Crippen molar-refractivity contribution in [2.45, 2.75) is 27.3 Å². The molecule has 0 spiro atoms. The van der Waals surface area contributed by atoms with Gasteiger partial charge in [-0.2, -0.15) is 4.37 Å². The zero-order valence-corrected chi connectivity index (χ0v) is 15.0. The van der Waals surface area contributed by atoms with E-state index >= 15 is 0 Å². The van der Waals surface area contributed by atoms with Gasteiger partial charge in [0.05, 0.1) is 17.6 Å². The molecule has 2 aromatic heterocycles. The average Bonchev–Trinajstić information content (AvgIpc) is 3.17. The van der Waals surface area contributed by atoms with Crippen molar-refractivity contribution in [1.29, 1.82) is 0 Å². The number of nitrogens with zero attached hydrogens (tertiary/aromatic N) is 5. The molecule has 3 heterocycles. The number of piperazine rings is 1. The Morgan fingerprint density at radius 2 is 1.74 bits per heavy atom. The molecule has 23 heavy (non-hydrogen) atoms. The number of imidazole rings is 1. The molecule has 0 amide bonds. The van der Waals surface area contributed by atoms with E-state index < -0.39 is 0 Å². The van der Waals surface area contributed by atoms with E-state index in [1.54, 1.807) is 0 Å². The molecule has 0 saturated carbocycles. The summed E-state index contributed by atoms with van der Waals surface area (Å²) in [5, 5.41) is 0. The summed E-state index contributed by atoms with van der Waals surface area (Å²) in [7, 11) is 0. The van der Waals surface area contributed by atoms with Gasteiger partial charge in [-0.25, -0.2) is 4.98 Å². The summed E-state index contributed by atoms with van der Waals surface area (Å²) in [5.74, 6) is 1.12. The molecular weight excluding hydrogens is 306 g/mol. The van der Waals surface area contributed by atoms with Gasteiger partial charge >= 0.3 is 0 Å². The largest absolute Gasteiger partial charge is 0.301 e. The first-order valence-electron chi connectivity index (χ1n) is 8.51. The van der Waals surface area contributed by atoms with Crippen LogP contribution in [0.5, 0.6) is 0 Å². The molecule has 5 nitrogen and oxygen atoms in total. The highest BCUT2D eigenvalue weighted by Gasteiger charge is 2.19. The Labute approximate surface area is 141 Å². The number of aromatic nitrogens is 3. The van der Waals surface area contributed by atoms with Crippen LogP contribution >= 0.6 is 11.5 Å². The van der Waals surface area contributed by atoms with Crippen LogP contribution < -0.4 is 0 Å². The van der Waals surface area contributed by atoms with Gasteiger partial charge in [-0.3, -0.25) is 9.30 Å². The molecule has 1 aliphatic rings. The fourth-order valence-electron chi connectivity index (χ4n) is 3.01. The smallest absolute Gasteiger partial charge is 0.214 e. The molecule has 4 rings (SSSR count). The summed E-state index contributed by atoms with van der Waals surface area (Å²) >= 11 is 1.50. The Bertz CT molecular complexity index is 755. The van der Waals surface area contributed by atoms with Crippen LogP contribution in [0.25, 0.3) is 16.0 Å². The number of hydrogen-bond acceptors (Lipinski definition) is 5. The van der Waals surface area contributed by atoms with Gasteiger partial charge in [0.2, 0.25) is 4.96 Å². The summed E-state index contributed by atoms with van der Waals surface area (Å²) in [4.78, 5) is 10.6. The second kappa shape index (κ2) is 7.38. The lowest BCUT2D eigenvalue weighted by atomic mass is 10.3. The first kappa shape index (κ1) is 16.4. The van der Waals surface area contributed by atoms with Gasteiger partial charge in [-0.05, 0) is 18.7 Å². The SMILES string of the molecule is CC.CCN1CCN(Cc2nsc3nc4ccccc4n23)CC1. The molecule has 1 aromatic carbocycles. The van der Waals surface area contributed by atoms with Gasteiger partial charge in [-0.1, -0.05) is 32.9 Å². The molecule has 3 aromatic rings. The van der Waals surface area contributed by atoms with Gasteiger partial charge in [-0.15, -0.1) is 0 Å². The summed E-state index contributed by atoms with van der Waals surface area (Å²) in [6, 6.07) is 8.30. The number of benzene rings is 1. The quantitative estimate of drug-likeness (QED) is 0.739. The van der Waals surface area contributed by atoms with Crippen LogP contribution in [-0.2, 0) is 6.54 Å². The molecule has 0 aliphatic carbocycles. The highest BCUT2D eigenvalue weighted by atomic mass is 32.1. The number of likely N-dealkylation sites (N-methyl/N-ethyl adjacent to an activating group) is 1. The molecule has 0 atom stereocenters. The molecule has 0 unspecified atom stereocenters. The lowest BCUT2D eigenvalue weighted by Gasteiger charge is -2.33. The summed E-state index contributed by atoms with van der Waals surface area (Å²) in [6.07, 6.45) is 0. The van der Waals surface area contributed by atoms with Crippen LogP contribution in [0, 0.1) is 0 Å². The van der Waals surface area contributed by atoms with Gasteiger partial charge in [0, 0.05) is 37.7 Å². The van der Waals surface area contributed by atoms with E-state index in [2.05, 4.69) is 48.7 Å². The normalized spacial score (nSPS) is 16.7. The number of rotatable bonds is 3. The topological polar surface area (TPSA) is 36.7 Å². The number of hydrogen-bond donors (Lipinski definition) is 0. The average molecular weight is 331 g/mol. The Balaban J connectivity index is 0.000000753. The van der Waals surface area contributed by atoms with Crippen molar-refractivity contribution < 1.29 is 0 Å². The van der Waals surface area contributed by atoms with E-state index in [0.29, 0.717) is 0 Å². The third-order valence-corrected chi connectivity index (χ3v) is 5.04. The molecule has 6 heteroatoms. The van der Waals surface area contributed by atoms with Gasteiger partial charge < -0.3 is 4.90 Å². The summed E-state index contributed by atoms with van der Waals surface area (Å²) in [5.41, 5.74) is 2.23. The molecule has 1 fully saturated rings. The Kier molecular flexibility index (Phi) is 5.25. The third kappa shape index (κ3) is 3.24. The minimum absolute atomic E-state index is 0.915. The first-order chi connectivity index (χ1) is 11.3. The lowest BCUT2D eigenvalue weighted by Crippen LogP contribution is -2.45. The van der Waals surface area contributed by atoms with Crippen molar-refractivity contribution in [3.05, 3.63) is 30.1 Å². The Morgan fingerprint density at radius 1 is 1.04 bits per heavy atom. The molecule has 1 aliphatic heterocycles. The highest BCUT2D eigenvalue weighted by Crippen LogP contribution is 2.22. The van der Waals surface area contributed by atoms with E-state index in [1.165, 1.54) is 17.0 Å². The lowest BCUT2D eigenvalue weighted by molar-refractivity contribution is 0.129. The summed E-state index contributed by atoms with van der Waals surface area (Å²) in [6.45, 7) is 12.9. The number of para-hydroxylation sites is 2. The minimum Gasteiger partial charge on any atom is -0.301 e. The van der Waals surface area contributed by atoms with Gasteiger partial charge in [0.1, 0.15) is 5.82 Å². The fraction of sp³-hybridized carbons (Fsp3) is 0.529. The van der Waals surface area contributed by atoms with Gasteiger partial charge in [0.25, 0.3) is 0 Å². The molecule has 124 valence electrons. The monoisotopic (exact) mass is 331 g/mol. The van der Waals surface area contributed by atoms with Crippen LogP contribution in [0.4, 0.5) is 0 Å². The van der Waals surface area contributed by atoms with E-state index in [1.807, 2.05) is 19.9 Å². The maximum absolute atomic E-state index is 4.65. The minimum atomic E-state index is 0.915. The van der Waals surface area contributed by atoms with E-state index in [9.17, 15) is 0 Å². The standard InChI is InChI=1S/C15H19N5S.C2H6/c1-2-18-7-9-19(10-8-18)11-14-17-21-15-16-12-5-3-4-6-13(12)20(14)15;1-2/h3-6H,2,7-11H2,1H3;1-2H3. The molecule has 0 radical (unpaired) electrons. The van der Waals surface area contributed by atoms with Crippen molar-refractivity contribution in [3.8, 4) is 0 Å². The molecule has 0 bridgehead atoms. The van der Waals surface area contributed by atoms with Crippen molar-refractivity contribution in [2.75, 3.05) is 32.7 Å². The number of fused-ring (bicyclic) bond motifs is 3. The van der Waals surface area contributed by atoms with Gasteiger partial charge in [0.15, 0.2) is 0 Å². The maximum Gasteiger partial charge on any atom is 0.214 e. The van der Waals surface area contributed by atoms with Crippen molar-refractivity contribution in [1.82, 2.24) is 23.6 Å². The highest BCUT2D eigenvalue weighted by molar-refractivity contribution is 7.11. The van der Waals surface area contributed by atoms with Crippen molar-refractivity contribution >= 4 is 27.5 Å². The van der Waals surface area contributed by atoms with Crippen LogP contribution in [-0.4, -0.2) is 56.3 Å². The van der Waals surface area contributed by atoms with Crippen LogP contribution in [0.15, 0.2) is 24.3 Å². The Hall–Kier alpha value is -1.50. The zero-order chi connectivity index (χ0) is 16.2. The molecular formula is C17H25N5S. The van der Waals surface area contributed by atoms with E-state index in [-0.39, 0.29) is 0 Å². The van der Waals surface area contributed by atoms with E-state index in [4.69, 9.17) is 0 Å². The van der Waals surface area contributed by atoms with Crippen LogP contribution in [0.2, 0.25) is 0 Å². The summed E-state index contributed by atoms with van der Waals surface area (Å²) < 4.78 is 6.84. The molecule has 0 N–H and O–H groups in total. The Morgan fingerprint density at radius 3 is 2.48 bits per heavy atom. The second-order valence-corrected chi connectivity index (χ2v) is 6.26. The van der Waals surface area contributed by atoms with Crippen molar-refractivity contribution in [3.63, 3.8) is 0 Å². The van der Waals surface area contributed by atoms with E-state index in [0.717, 1.165) is 55.6 Å². The van der Waals surface area contributed by atoms with Crippen LogP contribution in [0.1, 0.15) is 26.6 Å². The predicted molar refractivity (Wildman–Crippen MR) is 97.1 cm³/mol. The maximum atomic E-state index is 4.65. The third-order valence-electron chi connectivity index (χ3n) is 4.30. The van der Waals surface area contributed by atoms with Crippen LogP contribution in [0.3, 0.4) is 0 Å².